The Labute approximate surface area is 232 Å². The van der Waals surface area contributed by atoms with Crippen molar-refractivity contribution in [2.45, 2.75) is 42.2 Å². The van der Waals surface area contributed by atoms with Gasteiger partial charge >= 0.3 is 0 Å². The Balaban J connectivity index is 0.00000267. The Morgan fingerprint density at radius 1 is 1.00 bits per heavy atom. The van der Waals surface area contributed by atoms with E-state index in [0.29, 0.717) is 25.4 Å². The van der Waals surface area contributed by atoms with Gasteiger partial charge in [-0.2, -0.15) is 0 Å². The molecular formula is C29H37ClN2O5S. The third-order valence-electron chi connectivity index (χ3n) is 7.19. The van der Waals surface area contributed by atoms with Gasteiger partial charge in [0.25, 0.3) is 5.91 Å². The normalized spacial score (nSPS) is 15.3. The summed E-state index contributed by atoms with van der Waals surface area (Å²) in [5.41, 5.74) is 5.19. The highest BCUT2D eigenvalue weighted by atomic mass is 35.5. The molecule has 1 aliphatic heterocycles. The zero-order valence-electron chi connectivity index (χ0n) is 21.5. The van der Waals surface area contributed by atoms with Gasteiger partial charge in [0.05, 0.1) is 11.5 Å². The Bertz CT molecular complexity index is 1300. The molecule has 0 unspecified atom stereocenters. The number of rotatable bonds is 10. The van der Waals surface area contributed by atoms with Gasteiger partial charge in [-0.25, -0.2) is 13.9 Å². The molecule has 1 fully saturated rings. The van der Waals surface area contributed by atoms with E-state index in [-0.39, 0.29) is 31.6 Å². The highest BCUT2D eigenvalue weighted by Gasteiger charge is 2.52. The molecule has 0 aliphatic carbocycles. The lowest BCUT2D eigenvalue weighted by molar-refractivity contribution is -0.133. The first kappa shape index (κ1) is 29.6. The summed E-state index contributed by atoms with van der Waals surface area (Å²) in [5, 5.41) is 9.31. The molecule has 1 aliphatic rings. The van der Waals surface area contributed by atoms with E-state index in [2.05, 4.69) is 41.3 Å². The number of halogens is 1. The first-order valence-electron chi connectivity index (χ1n) is 12.7. The number of benzene rings is 3. The summed E-state index contributed by atoms with van der Waals surface area (Å²) in [5.74, 6) is -0.307. The van der Waals surface area contributed by atoms with E-state index in [0.717, 1.165) is 19.4 Å². The molecule has 0 radical (unpaired) electrons. The Morgan fingerprint density at radius 3 is 2.29 bits per heavy atom. The van der Waals surface area contributed by atoms with Crippen LogP contribution in [-0.2, 0) is 21.1 Å². The van der Waals surface area contributed by atoms with Crippen LogP contribution >= 0.6 is 12.4 Å². The molecule has 0 atom stereocenters. The van der Waals surface area contributed by atoms with Crippen LogP contribution in [0.3, 0.4) is 0 Å². The predicted octanol–water partition coefficient (Wildman–Crippen LogP) is 5.17. The number of amides is 1. The second-order valence-electron chi connectivity index (χ2n) is 9.36. The van der Waals surface area contributed by atoms with Gasteiger partial charge < -0.3 is 9.64 Å². The predicted molar refractivity (Wildman–Crippen MR) is 153 cm³/mol. The number of hydrogen-bond acceptors (Lipinski definition) is 6. The number of nitrogens with one attached hydrogen (secondary N) is 1. The summed E-state index contributed by atoms with van der Waals surface area (Å²) in [6.45, 7) is 4.21. The van der Waals surface area contributed by atoms with Crippen molar-refractivity contribution in [2.75, 3.05) is 26.2 Å². The topological polar surface area (TPSA) is 95.9 Å². The first-order chi connectivity index (χ1) is 17.9. The average Bonchev–Trinajstić information content (AvgIpc) is 2.95. The third kappa shape index (κ3) is 6.38. The second kappa shape index (κ2) is 13.2. The highest BCUT2D eigenvalue weighted by molar-refractivity contribution is 7.93. The van der Waals surface area contributed by atoms with Crippen molar-refractivity contribution in [2.24, 2.45) is 0 Å². The molecule has 1 heterocycles. The monoisotopic (exact) mass is 560 g/mol. The lowest BCUT2D eigenvalue weighted by Gasteiger charge is -2.39. The number of likely N-dealkylation sites (tertiary alicyclic amines) is 1. The number of hydroxylamine groups is 1. The van der Waals surface area contributed by atoms with E-state index >= 15 is 0 Å². The van der Waals surface area contributed by atoms with Crippen LogP contribution in [0.1, 0.15) is 33.2 Å². The van der Waals surface area contributed by atoms with Crippen LogP contribution in [0.4, 0.5) is 0 Å². The number of nitrogens with zero attached hydrogens (tertiary/aromatic N) is 1. The second-order valence-corrected chi connectivity index (χ2v) is 11.6. The molecule has 206 valence electrons. The van der Waals surface area contributed by atoms with Gasteiger partial charge in [-0.05, 0) is 73.2 Å². The smallest absolute Gasteiger partial charge is 0.265 e. The number of sulfone groups is 1. The SMILES string of the molecule is CCN1CCC(C(=O)NO)(S(=O)(=O)c2ccc(OCCCc3cccc(-c4ccccc4)c3)cc2)CC1.Cl.[HH]. The van der Waals surface area contributed by atoms with Gasteiger partial charge in [-0.15, -0.1) is 12.4 Å². The average molecular weight is 561 g/mol. The van der Waals surface area contributed by atoms with Crippen molar-refractivity contribution in [3.8, 4) is 16.9 Å². The fourth-order valence-electron chi connectivity index (χ4n) is 4.89. The van der Waals surface area contributed by atoms with Crippen molar-refractivity contribution in [1.82, 2.24) is 10.4 Å². The zero-order chi connectivity index (χ0) is 26.3. The van der Waals surface area contributed by atoms with Crippen molar-refractivity contribution >= 4 is 28.2 Å². The maximum atomic E-state index is 13.5. The van der Waals surface area contributed by atoms with Crippen LogP contribution in [0.25, 0.3) is 11.1 Å². The Morgan fingerprint density at radius 2 is 1.66 bits per heavy atom. The van der Waals surface area contributed by atoms with Crippen LogP contribution in [-0.4, -0.2) is 55.4 Å². The number of aryl methyl sites for hydroxylation is 1. The van der Waals surface area contributed by atoms with Crippen LogP contribution in [0, 0.1) is 0 Å². The molecule has 2 N–H and O–H groups in total. The van der Waals surface area contributed by atoms with Gasteiger partial charge in [0.15, 0.2) is 14.6 Å². The van der Waals surface area contributed by atoms with E-state index in [1.807, 2.05) is 25.1 Å². The lowest BCUT2D eigenvalue weighted by atomic mass is 9.95. The van der Waals surface area contributed by atoms with Crippen molar-refractivity contribution in [3.63, 3.8) is 0 Å². The number of ether oxygens (including phenoxy) is 1. The zero-order valence-corrected chi connectivity index (χ0v) is 23.1. The van der Waals surface area contributed by atoms with Gasteiger partial charge in [-0.3, -0.25) is 10.0 Å². The highest BCUT2D eigenvalue weighted by Crippen LogP contribution is 2.36. The minimum absolute atomic E-state index is 0. The summed E-state index contributed by atoms with van der Waals surface area (Å²) in [6.07, 6.45) is 1.92. The molecule has 4 rings (SSSR count). The van der Waals surface area contributed by atoms with Gasteiger partial charge in [0, 0.05) is 14.5 Å². The molecule has 0 saturated carbocycles. The maximum absolute atomic E-state index is 13.5. The number of carbonyl (C=O) groups is 1. The van der Waals surface area contributed by atoms with Gasteiger partial charge in [-0.1, -0.05) is 61.5 Å². The quantitative estimate of drug-likeness (QED) is 0.202. The molecule has 38 heavy (non-hydrogen) atoms. The molecule has 0 aromatic heterocycles. The van der Waals surface area contributed by atoms with E-state index in [1.54, 1.807) is 17.6 Å². The molecule has 7 nitrogen and oxygen atoms in total. The van der Waals surface area contributed by atoms with E-state index < -0.39 is 20.5 Å². The van der Waals surface area contributed by atoms with Crippen LogP contribution in [0.2, 0.25) is 0 Å². The van der Waals surface area contributed by atoms with Gasteiger partial charge in [0.1, 0.15) is 5.75 Å². The molecule has 9 heteroatoms. The summed E-state index contributed by atoms with van der Waals surface area (Å²) in [7, 11) is -4.03. The number of hydrogen-bond donors (Lipinski definition) is 2. The summed E-state index contributed by atoms with van der Waals surface area (Å²) in [4.78, 5) is 14.7. The molecular weight excluding hydrogens is 524 g/mol. The molecule has 1 saturated heterocycles. The largest absolute Gasteiger partial charge is 0.494 e. The van der Waals surface area contributed by atoms with Crippen LogP contribution in [0.5, 0.6) is 5.75 Å². The summed E-state index contributed by atoms with van der Waals surface area (Å²) in [6, 6.07) is 24.9. The van der Waals surface area contributed by atoms with Crippen molar-refractivity contribution < 1.29 is 24.6 Å². The first-order valence-corrected chi connectivity index (χ1v) is 14.2. The summed E-state index contributed by atoms with van der Waals surface area (Å²) < 4.78 is 31.2. The molecule has 1 amide bonds. The standard InChI is InChI=1S/C29H34N2O5S.ClH.H2/c1-2-31-19-17-29(18-20-31,28(32)30-33)37(34,35)27-15-13-26(14-16-27)36-21-7-9-23-8-6-12-25(22-23)24-10-4-3-5-11-24;;/h3-6,8,10-16,22,33H,2,7,9,17-21H2,1H3,(H,30,32);2*1H. The fraction of sp³-hybridized carbons (Fsp3) is 0.345. The fourth-order valence-corrected chi connectivity index (χ4v) is 6.85. The minimum Gasteiger partial charge on any atom is -0.494 e. The van der Waals surface area contributed by atoms with Crippen molar-refractivity contribution in [1.29, 1.82) is 0 Å². The molecule has 0 spiro atoms. The lowest BCUT2D eigenvalue weighted by Crippen LogP contribution is -2.57. The number of piperidine rings is 1. The summed E-state index contributed by atoms with van der Waals surface area (Å²) >= 11 is 0. The van der Waals surface area contributed by atoms with Crippen molar-refractivity contribution in [3.05, 3.63) is 84.4 Å². The van der Waals surface area contributed by atoms with Gasteiger partial charge in [0.2, 0.25) is 0 Å². The van der Waals surface area contributed by atoms with Crippen LogP contribution < -0.4 is 10.2 Å². The third-order valence-corrected chi connectivity index (χ3v) is 9.70. The maximum Gasteiger partial charge on any atom is 0.265 e. The molecule has 0 bridgehead atoms. The number of carbonyl (C=O) groups excluding carboxylic acids is 1. The van der Waals surface area contributed by atoms with E-state index in [4.69, 9.17) is 4.74 Å². The minimum atomic E-state index is -4.03. The Hall–Kier alpha value is -2.91. The Kier molecular flexibility index (Phi) is 10.3. The molecule has 3 aromatic carbocycles. The molecule has 3 aromatic rings. The van der Waals surface area contributed by atoms with E-state index in [1.165, 1.54) is 28.8 Å². The van der Waals surface area contributed by atoms with Crippen LogP contribution in [0.15, 0.2) is 83.8 Å². The van der Waals surface area contributed by atoms with E-state index in [9.17, 15) is 18.4 Å².